The van der Waals surface area contributed by atoms with Crippen molar-refractivity contribution >= 4 is 53.9 Å². The fourth-order valence-corrected chi connectivity index (χ4v) is 5.59. The van der Waals surface area contributed by atoms with Crippen molar-refractivity contribution in [3.05, 3.63) is 76.9 Å². The number of piperazine rings is 1. The molecule has 13 heteroatoms. The highest BCUT2D eigenvalue weighted by molar-refractivity contribution is 6.09. The van der Waals surface area contributed by atoms with E-state index in [1.165, 1.54) is 7.11 Å². The summed E-state index contributed by atoms with van der Waals surface area (Å²) in [6.45, 7) is 8.73. The molecule has 4 rings (SSSR count). The molecule has 0 saturated carbocycles. The summed E-state index contributed by atoms with van der Waals surface area (Å²) in [5.41, 5.74) is 9.41. The van der Waals surface area contributed by atoms with Crippen LogP contribution < -0.4 is 30.2 Å². The van der Waals surface area contributed by atoms with Crippen molar-refractivity contribution in [2.45, 2.75) is 46.0 Å². The average Bonchev–Trinajstić information content (AvgIpc) is 3.09. The fourth-order valence-electron chi connectivity index (χ4n) is 5.59. The van der Waals surface area contributed by atoms with E-state index in [4.69, 9.17) is 19.9 Å². The Bertz CT molecular complexity index is 1600. The molecule has 1 fully saturated rings. The van der Waals surface area contributed by atoms with Crippen LogP contribution in [-0.4, -0.2) is 94.7 Å². The number of methoxy groups -OCH3 is 1. The molecule has 3 amide bonds. The number of aryl methyl sites for hydroxylation is 2. The van der Waals surface area contributed by atoms with Crippen molar-refractivity contribution in [1.82, 2.24) is 9.80 Å². The number of nitrogens with two attached hydrogens (primary N) is 1. The lowest BCUT2D eigenvalue weighted by Gasteiger charge is -2.32. The number of carbonyl (C=O) groups excluding carboxylic acids is 3. The van der Waals surface area contributed by atoms with E-state index in [0.717, 1.165) is 56.6 Å². The van der Waals surface area contributed by atoms with Gasteiger partial charge in [-0.1, -0.05) is 12.1 Å². The van der Waals surface area contributed by atoms with E-state index >= 15 is 0 Å². The molecule has 3 N–H and O–H groups in total. The van der Waals surface area contributed by atoms with Crippen molar-refractivity contribution in [2.75, 3.05) is 77.4 Å². The van der Waals surface area contributed by atoms with Crippen LogP contribution in [0.4, 0.5) is 11.4 Å². The van der Waals surface area contributed by atoms with Crippen LogP contribution in [-0.2, 0) is 4.79 Å². The van der Waals surface area contributed by atoms with E-state index in [-0.39, 0.29) is 42.5 Å². The Kier molecular flexibility index (Phi) is 18.1. The highest BCUT2D eigenvalue weighted by Gasteiger charge is 2.22. The third-order valence-corrected chi connectivity index (χ3v) is 8.61. The first-order chi connectivity index (χ1) is 23.6. The molecule has 0 radical (unpaired) electrons. The van der Waals surface area contributed by atoms with Gasteiger partial charge in [0, 0.05) is 45.2 Å². The number of benzene rings is 3. The normalized spacial score (nSPS) is 12.6. The molecule has 0 aromatic heterocycles. The van der Waals surface area contributed by atoms with Gasteiger partial charge in [-0.2, -0.15) is 0 Å². The number of nitrogens with one attached hydrogen (secondary N) is 1. The summed E-state index contributed by atoms with van der Waals surface area (Å²) in [4.78, 5) is 45.3. The largest absolute Gasteiger partial charge is 0.495 e. The number of hydrogen-bond donors (Lipinski definition) is 2. The molecule has 1 saturated heterocycles. The van der Waals surface area contributed by atoms with Crippen molar-refractivity contribution in [3.8, 4) is 17.2 Å². The van der Waals surface area contributed by atoms with E-state index in [1.54, 1.807) is 36.2 Å². The van der Waals surface area contributed by atoms with Gasteiger partial charge in [-0.25, -0.2) is 0 Å². The van der Waals surface area contributed by atoms with Crippen LogP contribution in [0.5, 0.6) is 17.2 Å². The van der Waals surface area contributed by atoms with Gasteiger partial charge in [0.1, 0.15) is 17.2 Å². The Morgan fingerprint density at radius 2 is 1.45 bits per heavy atom. The van der Waals surface area contributed by atoms with E-state index in [2.05, 4.69) is 17.3 Å². The summed E-state index contributed by atoms with van der Waals surface area (Å²) in [5, 5.41) is 2.90. The lowest BCUT2D eigenvalue weighted by molar-refractivity contribution is -0.132. The van der Waals surface area contributed by atoms with Gasteiger partial charge in [0.15, 0.2) is 0 Å². The molecular weight excluding hydrogens is 693 g/mol. The summed E-state index contributed by atoms with van der Waals surface area (Å²) in [6, 6.07) is 16.0. The maximum absolute atomic E-state index is 13.7. The first kappa shape index (κ1) is 43.1. The highest BCUT2D eigenvalue weighted by atomic mass is 35.5. The molecule has 0 spiro atoms. The summed E-state index contributed by atoms with van der Waals surface area (Å²) in [5.74, 6) is 1.04. The zero-order chi connectivity index (χ0) is 35.3. The number of hydrogen-bond acceptors (Lipinski definition) is 8. The molecule has 1 aliphatic rings. The number of anilines is 2. The molecule has 3 aromatic rings. The fraction of sp³-hybridized carbons (Fsp3) is 0.447. The topological polar surface area (TPSA) is 127 Å². The molecule has 1 aliphatic heterocycles. The van der Waals surface area contributed by atoms with Gasteiger partial charge < -0.3 is 40.0 Å². The number of rotatable bonds is 16. The summed E-state index contributed by atoms with van der Waals surface area (Å²) >= 11 is 0. The second-order valence-corrected chi connectivity index (χ2v) is 12.5. The molecule has 0 aliphatic carbocycles. The number of amides is 3. The minimum absolute atomic E-state index is 0. The number of ether oxygens (including phenoxy) is 3. The smallest absolute Gasteiger partial charge is 0.259 e. The van der Waals surface area contributed by atoms with Crippen LogP contribution >= 0.6 is 24.8 Å². The van der Waals surface area contributed by atoms with Crippen molar-refractivity contribution in [1.29, 1.82) is 0 Å². The Morgan fingerprint density at radius 3 is 2.14 bits per heavy atom. The van der Waals surface area contributed by atoms with E-state index in [9.17, 15) is 14.4 Å². The number of likely N-dealkylation sites (N-methyl/N-ethyl adjacent to an activating group) is 1. The molecule has 1 heterocycles. The van der Waals surface area contributed by atoms with Crippen molar-refractivity contribution in [2.24, 2.45) is 5.73 Å². The zero-order valence-corrected chi connectivity index (χ0v) is 32.0. The molecule has 3 aromatic carbocycles. The summed E-state index contributed by atoms with van der Waals surface area (Å²) in [6.07, 6.45) is 3.73. The van der Waals surface area contributed by atoms with Gasteiger partial charge in [0.2, 0.25) is 5.91 Å². The number of nitrogens with zero attached hydrogens (tertiary/aromatic N) is 3. The number of unbranched alkanes of at least 4 members (excludes halogenated alkanes) is 2. The maximum Gasteiger partial charge on any atom is 0.259 e. The average molecular weight is 747 g/mol. The van der Waals surface area contributed by atoms with Gasteiger partial charge in [-0.05, 0) is 107 Å². The molecule has 0 atom stereocenters. The lowest BCUT2D eigenvalue weighted by atomic mass is 10.1. The Morgan fingerprint density at radius 1 is 0.804 bits per heavy atom. The third kappa shape index (κ3) is 12.3. The second-order valence-electron chi connectivity index (χ2n) is 12.5. The Balaban J connectivity index is 0.00000451. The van der Waals surface area contributed by atoms with E-state index in [1.807, 2.05) is 49.1 Å². The zero-order valence-electron chi connectivity index (χ0n) is 30.4. The number of halogens is 2. The van der Waals surface area contributed by atoms with Gasteiger partial charge in [0.25, 0.3) is 11.8 Å². The first-order valence-corrected chi connectivity index (χ1v) is 17.0. The predicted molar refractivity (Wildman–Crippen MR) is 208 cm³/mol. The van der Waals surface area contributed by atoms with Crippen LogP contribution in [0, 0.1) is 13.8 Å². The van der Waals surface area contributed by atoms with Gasteiger partial charge in [-0.3, -0.25) is 14.4 Å². The van der Waals surface area contributed by atoms with Gasteiger partial charge in [-0.15, -0.1) is 24.8 Å². The van der Waals surface area contributed by atoms with Crippen molar-refractivity contribution in [3.63, 3.8) is 0 Å². The van der Waals surface area contributed by atoms with Crippen LogP contribution in [0.25, 0.3) is 0 Å². The molecule has 51 heavy (non-hydrogen) atoms. The maximum atomic E-state index is 13.7. The SMILES string of the molecule is COc1cc(C(=O)N(C)c2ccc(C)cc2OCCCCCC(=O)N2CCN(C)CC2)ccc1NC(=O)c1ccc(C)cc1OCCCN.Cl.Cl. The van der Waals surface area contributed by atoms with Crippen LogP contribution in [0.2, 0.25) is 0 Å². The quantitative estimate of drug-likeness (QED) is 0.168. The Labute approximate surface area is 314 Å². The van der Waals surface area contributed by atoms with Crippen LogP contribution in [0.15, 0.2) is 54.6 Å². The monoisotopic (exact) mass is 745 g/mol. The van der Waals surface area contributed by atoms with Crippen LogP contribution in [0.3, 0.4) is 0 Å². The minimum Gasteiger partial charge on any atom is -0.495 e. The van der Waals surface area contributed by atoms with Crippen LogP contribution in [0.1, 0.15) is 63.9 Å². The Hall–Kier alpha value is -4.03. The molecule has 11 nitrogen and oxygen atoms in total. The molecule has 280 valence electrons. The first-order valence-electron chi connectivity index (χ1n) is 17.0. The second kappa shape index (κ2) is 21.4. The predicted octanol–water partition coefficient (Wildman–Crippen LogP) is 6.13. The highest BCUT2D eigenvalue weighted by Crippen LogP contribution is 2.32. The molecule has 0 unspecified atom stereocenters. The number of carbonyl (C=O) groups is 3. The van der Waals surface area contributed by atoms with E-state index in [0.29, 0.717) is 72.4 Å². The van der Waals surface area contributed by atoms with Gasteiger partial charge >= 0.3 is 0 Å². The standard InChI is InChI=1S/C38H51N5O6.2ClH/c1-27-11-14-30(33(24-27)48-23-9-17-39)37(45)40-31-15-13-29(26-34(31)47-5)38(46)42(4)32-16-12-28(2)25-35(32)49-22-8-6-7-10-36(44)43-20-18-41(3)19-21-43;;/h11-16,24-26H,6-10,17-23,39H2,1-5H3,(H,40,45);2*1H. The lowest BCUT2D eigenvalue weighted by Crippen LogP contribution is -2.47. The molecular formula is C38H53Cl2N5O6. The summed E-state index contributed by atoms with van der Waals surface area (Å²) < 4.78 is 17.6. The van der Waals surface area contributed by atoms with Gasteiger partial charge in [0.05, 0.1) is 37.3 Å². The summed E-state index contributed by atoms with van der Waals surface area (Å²) in [7, 11) is 5.28. The molecule has 0 bridgehead atoms. The third-order valence-electron chi connectivity index (χ3n) is 8.61. The van der Waals surface area contributed by atoms with E-state index < -0.39 is 0 Å². The minimum atomic E-state index is -0.361. The van der Waals surface area contributed by atoms with Crippen molar-refractivity contribution < 1.29 is 28.6 Å².